The Morgan fingerprint density at radius 3 is 3.06 bits per heavy atom. The van der Waals surface area contributed by atoms with Gasteiger partial charge in [0.2, 0.25) is 0 Å². The Bertz CT molecular complexity index is 305. The zero-order valence-electron chi connectivity index (χ0n) is 9.96. The minimum atomic E-state index is 0.747. The van der Waals surface area contributed by atoms with E-state index in [-0.39, 0.29) is 0 Å². The van der Waals surface area contributed by atoms with Gasteiger partial charge in [0.05, 0.1) is 6.20 Å². The summed E-state index contributed by atoms with van der Waals surface area (Å²) >= 11 is 0. The van der Waals surface area contributed by atoms with Crippen molar-refractivity contribution in [2.75, 3.05) is 26.7 Å². The SMILES string of the molecule is CNCCc1cnc(CC2CCNCC2)o1. The van der Waals surface area contributed by atoms with Gasteiger partial charge < -0.3 is 15.1 Å². The van der Waals surface area contributed by atoms with Crippen LogP contribution in [0.5, 0.6) is 0 Å². The number of hydrogen-bond donors (Lipinski definition) is 2. The Balaban J connectivity index is 1.81. The molecule has 2 heterocycles. The van der Waals surface area contributed by atoms with Crippen molar-refractivity contribution in [3.8, 4) is 0 Å². The van der Waals surface area contributed by atoms with Crippen LogP contribution in [0.2, 0.25) is 0 Å². The van der Waals surface area contributed by atoms with E-state index in [9.17, 15) is 0 Å². The fourth-order valence-corrected chi connectivity index (χ4v) is 2.14. The quantitative estimate of drug-likeness (QED) is 0.781. The predicted octanol–water partition coefficient (Wildman–Crippen LogP) is 0.979. The van der Waals surface area contributed by atoms with Crippen molar-refractivity contribution >= 4 is 0 Å². The van der Waals surface area contributed by atoms with Crippen LogP contribution in [0, 0.1) is 5.92 Å². The number of likely N-dealkylation sites (N-methyl/N-ethyl adjacent to an activating group) is 1. The average Bonchev–Trinajstić information content (AvgIpc) is 2.75. The van der Waals surface area contributed by atoms with Crippen LogP contribution in [0.3, 0.4) is 0 Å². The summed E-state index contributed by atoms with van der Waals surface area (Å²) in [5.41, 5.74) is 0. The molecule has 1 aromatic heterocycles. The van der Waals surface area contributed by atoms with E-state index in [0.717, 1.165) is 50.0 Å². The van der Waals surface area contributed by atoms with Gasteiger partial charge in [-0.1, -0.05) is 0 Å². The van der Waals surface area contributed by atoms with Gasteiger partial charge >= 0.3 is 0 Å². The summed E-state index contributed by atoms with van der Waals surface area (Å²) in [7, 11) is 1.95. The number of nitrogens with one attached hydrogen (secondary N) is 2. The van der Waals surface area contributed by atoms with Crippen molar-refractivity contribution in [3.05, 3.63) is 17.8 Å². The third-order valence-electron chi connectivity index (χ3n) is 3.14. The molecule has 4 nitrogen and oxygen atoms in total. The Hall–Kier alpha value is -0.870. The van der Waals surface area contributed by atoms with Crippen LogP contribution < -0.4 is 10.6 Å². The highest BCUT2D eigenvalue weighted by Crippen LogP contribution is 2.17. The molecule has 2 N–H and O–H groups in total. The lowest BCUT2D eigenvalue weighted by molar-refractivity contribution is 0.336. The molecule has 1 aliphatic heterocycles. The van der Waals surface area contributed by atoms with E-state index < -0.39 is 0 Å². The van der Waals surface area contributed by atoms with E-state index in [1.165, 1.54) is 12.8 Å². The second-order valence-electron chi connectivity index (χ2n) is 4.47. The van der Waals surface area contributed by atoms with Crippen LogP contribution >= 0.6 is 0 Å². The van der Waals surface area contributed by atoms with Crippen molar-refractivity contribution < 1.29 is 4.42 Å². The molecule has 0 radical (unpaired) electrons. The molecule has 0 atom stereocenters. The van der Waals surface area contributed by atoms with Gasteiger partial charge in [-0.3, -0.25) is 0 Å². The molecule has 1 aromatic rings. The monoisotopic (exact) mass is 223 g/mol. The molecule has 0 bridgehead atoms. The molecule has 1 fully saturated rings. The molecule has 90 valence electrons. The van der Waals surface area contributed by atoms with Crippen molar-refractivity contribution in [2.24, 2.45) is 5.92 Å². The van der Waals surface area contributed by atoms with Gasteiger partial charge in [-0.25, -0.2) is 4.98 Å². The summed E-state index contributed by atoms with van der Waals surface area (Å²) in [4.78, 5) is 4.35. The molecule has 0 spiro atoms. The van der Waals surface area contributed by atoms with Crippen LogP contribution in [-0.4, -0.2) is 31.7 Å². The minimum absolute atomic E-state index is 0.747. The van der Waals surface area contributed by atoms with E-state index in [1.807, 2.05) is 13.2 Å². The predicted molar refractivity (Wildman–Crippen MR) is 63.4 cm³/mol. The summed E-state index contributed by atoms with van der Waals surface area (Å²) in [6.45, 7) is 3.22. The molecule has 2 rings (SSSR count). The first-order chi connectivity index (χ1) is 7.88. The molecule has 0 saturated carbocycles. The number of piperidine rings is 1. The first kappa shape index (κ1) is 11.6. The van der Waals surface area contributed by atoms with Crippen LogP contribution in [-0.2, 0) is 12.8 Å². The normalized spacial score (nSPS) is 17.8. The first-order valence-electron chi connectivity index (χ1n) is 6.17. The maximum absolute atomic E-state index is 5.72. The lowest BCUT2D eigenvalue weighted by Crippen LogP contribution is -2.28. The van der Waals surface area contributed by atoms with Gasteiger partial charge in [0.1, 0.15) is 5.76 Å². The molecular weight excluding hydrogens is 202 g/mol. The molecule has 0 unspecified atom stereocenters. The third kappa shape index (κ3) is 3.32. The summed E-state index contributed by atoms with van der Waals surface area (Å²) in [6, 6.07) is 0. The Labute approximate surface area is 96.8 Å². The highest BCUT2D eigenvalue weighted by molar-refractivity contribution is 4.96. The molecule has 1 aliphatic rings. The number of hydrogen-bond acceptors (Lipinski definition) is 4. The standard InChI is InChI=1S/C12H21N3O/c1-13-5-4-11-9-15-12(16-11)8-10-2-6-14-7-3-10/h9-10,13-14H,2-8H2,1H3. The van der Waals surface area contributed by atoms with Crippen molar-refractivity contribution in [3.63, 3.8) is 0 Å². The number of nitrogens with zero attached hydrogens (tertiary/aromatic N) is 1. The fourth-order valence-electron chi connectivity index (χ4n) is 2.14. The van der Waals surface area contributed by atoms with Crippen LogP contribution in [0.1, 0.15) is 24.5 Å². The highest BCUT2D eigenvalue weighted by Gasteiger charge is 2.16. The molecule has 1 saturated heterocycles. The third-order valence-corrected chi connectivity index (χ3v) is 3.14. The van der Waals surface area contributed by atoms with E-state index in [4.69, 9.17) is 4.42 Å². The second kappa shape index (κ2) is 6.01. The van der Waals surface area contributed by atoms with Crippen LogP contribution in [0.15, 0.2) is 10.6 Å². The van der Waals surface area contributed by atoms with Crippen molar-refractivity contribution in [1.29, 1.82) is 0 Å². The van der Waals surface area contributed by atoms with E-state index in [0.29, 0.717) is 0 Å². The van der Waals surface area contributed by atoms with Crippen molar-refractivity contribution in [1.82, 2.24) is 15.6 Å². The van der Waals surface area contributed by atoms with Gasteiger partial charge in [-0.05, 0) is 38.9 Å². The largest absolute Gasteiger partial charge is 0.446 e. The molecule has 0 aliphatic carbocycles. The molecular formula is C12H21N3O. The van der Waals surface area contributed by atoms with Gasteiger partial charge in [-0.2, -0.15) is 0 Å². The zero-order chi connectivity index (χ0) is 11.2. The van der Waals surface area contributed by atoms with Gasteiger partial charge in [0, 0.05) is 19.4 Å². The number of oxazole rings is 1. The Morgan fingerprint density at radius 2 is 2.31 bits per heavy atom. The Kier molecular flexibility index (Phi) is 4.36. The van der Waals surface area contributed by atoms with E-state index >= 15 is 0 Å². The first-order valence-corrected chi connectivity index (χ1v) is 6.17. The van der Waals surface area contributed by atoms with E-state index in [2.05, 4.69) is 15.6 Å². The zero-order valence-corrected chi connectivity index (χ0v) is 9.96. The van der Waals surface area contributed by atoms with Crippen molar-refractivity contribution in [2.45, 2.75) is 25.7 Å². The maximum atomic E-state index is 5.72. The average molecular weight is 223 g/mol. The van der Waals surface area contributed by atoms with Gasteiger partial charge in [-0.15, -0.1) is 0 Å². The Morgan fingerprint density at radius 1 is 1.50 bits per heavy atom. The topological polar surface area (TPSA) is 50.1 Å². The van der Waals surface area contributed by atoms with Gasteiger partial charge in [0.25, 0.3) is 0 Å². The summed E-state index contributed by atoms with van der Waals surface area (Å²) in [5, 5.41) is 6.49. The van der Waals surface area contributed by atoms with E-state index in [1.54, 1.807) is 0 Å². The smallest absolute Gasteiger partial charge is 0.194 e. The van der Waals surface area contributed by atoms with Crippen LogP contribution in [0.25, 0.3) is 0 Å². The molecule has 0 aromatic carbocycles. The molecule has 0 amide bonds. The fraction of sp³-hybridized carbons (Fsp3) is 0.750. The highest BCUT2D eigenvalue weighted by atomic mass is 16.4. The number of rotatable bonds is 5. The summed E-state index contributed by atoms with van der Waals surface area (Å²) < 4.78 is 5.72. The summed E-state index contributed by atoms with van der Waals surface area (Å²) in [6.07, 6.45) is 6.28. The van der Waals surface area contributed by atoms with Crippen LogP contribution in [0.4, 0.5) is 0 Å². The molecule has 4 heteroatoms. The lowest BCUT2D eigenvalue weighted by atomic mass is 9.95. The second-order valence-corrected chi connectivity index (χ2v) is 4.47. The lowest BCUT2D eigenvalue weighted by Gasteiger charge is -2.20. The molecule has 16 heavy (non-hydrogen) atoms. The maximum Gasteiger partial charge on any atom is 0.194 e. The van der Waals surface area contributed by atoms with Gasteiger partial charge in [0.15, 0.2) is 5.89 Å². The summed E-state index contributed by atoms with van der Waals surface area (Å²) in [5.74, 6) is 2.66. The number of aromatic nitrogens is 1. The minimum Gasteiger partial charge on any atom is -0.446 e.